The van der Waals surface area contributed by atoms with Crippen LogP contribution in [0.3, 0.4) is 0 Å². The van der Waals surface area contributed by atoms with Gasteiger partial charge in [-0.3, -0.25) is 9.79 Å². The van der Waals surface area contributed by atoms with Crippen LogP contribution in [0.2, 0.25) is 0 Å². The van der Waals surface area contributed by atoms with Gasteiger partial charge in [0.25, 0.3) is 5.91 Å². The molecule has 0 spiro atoms. The lowest BCUT2D eigenvalue weighted by molar-refractivity contribution is 0.0956. The normalized spacial score (nSPS) is 13.0. The Morgan fingerprint density at radius 1 is 1.06 bits per heavy atom. The van der Waals surface area contributed by atoms with Gasteiger partial charge in [-0.2, -0.15) is 0 Å². The van der Waals surface area contributed by atoms with Gasteiger partial charge in [0.05, 0.1) is 14.2 Å². The van der Waals surface area contributed by atoms with Gasteiger partial charge in [-0.25, -0.2) is 0 Å². The van der Waals surface area contributed by atoms with Crippen LogP contribution < -0.4 is 20.1 Å². The fraction of sp³-hybridized carbons (Fsp3) is 0.391. The molecular formula is C23H31IN4O3. The Hall–Kier alpha value is -2.49. The van der Waals surface area contributed by atoms with Crippen molar-refractivity contribution in [3.8, 4) is 11.5 Å². The van der Waals surface area contributed by atoms with Gasteiger partial charge in [0.1, 0.15) is 0 Å². The van der Waals surface area contributed by atoms with E-state index in [0.717, 1.165) is 42.5 Å². The van der Waals surface area contributed by atoms with Crippen molar-refractivity contribution in [2.24, 2.45) is 4.99 Å². The maximum absolute atomic E-state index is 11.9. The summed E-state index contributed by atoms with van der Waals surface area (Å²) in [6.45, 7) is 4.80. The van der Waals surface area contributed by atoms with Gasteiger partial charge in [-0.1, -0.05) is 12.1 Å². The predicted octanol–water partition coefficient (Wildman–Crippen LogP) is 3.21. The van der Waals surface area contributed by atoms with Crippen LogP contribution >= 0.6 is 24.0 Å². The zero-order chi connectivity index (χ0) is 21.5. The molecule has 2 N–H and O–H groups in total. The summed E-state index contributed by atoms with van der Waals surface area (Å²) in [7, 11) is 5.11. The van der Waals surface area contributed by atoms with Crippen LogP contribution in [-0.4, -0.2) is 51.1 Å². The SMILES string of the molecule is CCNC(=O)c1ccc(CNC(=NC)N2CCc3cc(OC)c(OC)cc3C2)cc1.I. The van der Waals surface area contributed by atoms with E-state index < -0.39 is 0 Å². The molecular weight excluding hydrogens is 507 g/mol. The summed E-state index contributed by atoms with van der Waals surface area (Å²) in [5.41, 5.74) is 4.25. The van der Waals surface area contributed by atoms with Gasteiger partial charge >= 0.3 is 0 Å². The number of carbonyl (C=O) groups is 1. The summed E-state index contributed by atoms with van der Waals surface area (Å²) in [5.74, 6) is 2.31. The molecule has 1 aliphatic rings. The molecule has 0 radical (unpaired) electrons. The van der Waals surface area contributed by atoms with Crippen molar-refractivity contribution >= 4 is 35.8 Å². The first-order chi connectivity index (χ1) is 14.6. The molecule has 2 aromatic rings. The minimum atomic E-state index is -0.0492. The Morgan fingerprint density at radius 2 is 1.71 bits per heavy atom. The Labute approximate surface area is 201 Å². The number of halogens is 1. The van der Waals surface area contributed by atoms with Gasteiger partial charge in [-0.05, 0) is 54.3 Å². The molecule has 0 unspecified atom stereocenters. The molecule has 0 fully saturated rings. The van der Waals surface area contributed by atoms with Crippen molar-refractivity contribution < 1.29 is 14.3 Å². The maximum Gasteiger partial charge on any atom is 0.251 e. The highest BCUT2D eigenvalue weighted by atomic mass is 127. The zero-order valence-electron chi connectivity index (χ0n) is 18.5. The number of fused-ring (bicyclic) bond motifs is 1. The van der Waals surface area contributed by atoms with Crippen LogP contribution in [-0.2, 0) is 19.5 Å². The van der Waals surface area contributed by atoms with Crippen molar-refractivity contribution in [1.82, 2.24) is 15.5 Å². The third-order valence-corrected chi connectivity index (χ3v) is 5.23. The number of aliphatic imine (C=N–C) groups is 1. The number of hydrogen-bond donors (Lipinski definition) is 2. The average molecular weight is 538 g/mol. The van der Waals surface area contributed by atoms with Gasteiger partial charge in [0.15, 0.2) is 17.5 Å². The summed E-state index contributed by atoms with van der Waals surface area (Å²) in [6, 6.07) is 11.7. The number of rotatable bonds is 6. The number of amides is 1. The number of carbonyl (C=O) groups excluding carboxylic acids is 1. The minimum Gasteiger partial charge on any atom is -0.493 e. The van der Waals surface area contributed by atoms with E-state index in [1.54, 1.807) is 21.3 Å². The average Bonchev–Trinajstić information content (AvgIpc) is 2.78. The number of guanidine groups is 1. The van der Waals surface area contributed by atoms with Gasteiger partial charge in [0.2, 0.25) is 0 Å². The molecule has 0 saturated heterocycles. The number of methoxy groups -OCH3 is 2. The van der Waals surface area contributed by atoms with E-state index in [9.17, 15) is 4.79 Å². The largest absolute Gasteiger partial charge is 0.493 e. The van der Waals surface area contributed by atoms with E-state index in [1.165, 1.54) is 11.1 Å². The van der Waals surface area contributed by atoms with Gasteiger partial charge < -0.3 is 25.0 Å². The maximum atomic E-state index is 11.9. The summed E-state index contributed by atoms with van der Waals surface area (Å²) < 4.78 is 10.9. The topological polar surface area (TPSA) is 75.2 Å². The van der Waals surface area contributed by atoms with Crippen molar-refractivity contribution in [2.45, 2.75) is 26.4 Å². The van der Waals surface area contributed by atoms with Crippen molar-refractivity contribution in [2.75, 3.05) is 34.4 Å². The molecule has 8 heteroatoms. The zero-order valence-corrected chi connectivity index (χ0v) is 20.9. The highest BCUT2D eigenvalue weighted by Crippen LogP contribution is 2.33. The summed E-state index contributed by atoms with van der Waals surface area (Å²) in [6.07, 6.45) is 0.914. The number of nitrogens with one attached hydrogen (secondary N) is 2. The number of ether oxygens (including phenoxy) is 2. The van der Waals surface area contributed by atoms with Crippen LogP contribution in [0.25, 0.3) is 0 Å². The summed E-state index contributed by atoms with van der Waals surface area (Å²) >= 11 is 0. The fourth-order valence-electron chi connectivity index (χ4n) is 3.61. The Balaban J connectivity index is 0.00000341. The second kappa shape index (κ2) is 11.8. The summed E-state index contributed by atoms with van der Waals surface area (Å²) in [5, 5.41) is 6.24. The van der Waals surface area contributed by atoms with Crippen LogP contribution in [0.5, 0.6) is 11.5 Å². The summed E-state index contributed by atoms with van der Waals surface area (Å²) in [4.78, 5) is 18.6. The van der Waals surface area contributed by atoms with E-state index >= 15 is 0 Å². The first-order valence-electron chi connectivity index (χ1n) is 10.2. The molecule has 168 valence electrons. The minimum absolute atomic E-state index is 0. The molecule has 31 heavy (non-hydrogen) atoms. The van der Waals surface area contributed by atoms with Crippen molar-refractivity contribution in [1.29, 1.82) is 0 Å². The lowest BCUT2D eigenvalue weighted by Gasteiger charge is -2.32. The quantitative estimate of drug-likeness (QED) is 0.336. The second-order valence-corrected chi connectivity index (χ2v) is 7.10. The van der Waals surface area contributed by atoms with Gasteiger partial charge in [-0.15, -0.1) is 24.0 Å². The molecule has 7 nitrogen and oxygen atoms in total. The highest BCUT2D eigenvalue weighted by molar-refractivity contribution is 14.0. The lowest BCUT2D eigenvalue weighted by Crippen LogP contribution is -2.43. The molecule has 1 amide bonds. The standard InChI is InChI=1S/C23H30N4O3.HI/c1-5-25-22(28)17-8-6-16(7-9-17)14-26-23(24-2)27-11-10-18-12-20(29-3)21(30-4)13-19(18)15-27;/h6-9,12-13H,5,10-11,14-15H2,1-4H3,(H,24,26)(H,25,28);1H. The van der Waals surface area contributed by atoms with E-state index in [0.29, 0.717) is 18.7 Å². The highest BCUT2D eigenvalue weighted by Gasteiger charge is 2.21. The molecule has 3 rings (SSSR count). The first-order valence-corrected chi connectivity index (χ1v) is 10.2. The van der Waals surface area contributed by atoms with Crippen molar-refractivity contribution in [3.63, 3.8) is 0 Å². The van der Waals surface area contributed by atoms with Gasteiger partial charge in [0, 0.05) is 38.8 Å². The Morgan fingerprint density at radius 3 is 2.29 bits per heavy atom. The van der Waals surface area contributed by atoms with Crippen LogP contribution in [0, 0.1) is 0 Å². The number of benzene rings is 2. The fourth-order valence-corrected chi connectivity index (χ4v) is 3.61. The molecule has 0 aliphatic carbocycles. The smallest absolute Gasteiger partial charge is 0.251 e. The van der Waals surface area contributed by atoms with Crippen molar-refractivity contribution in [3.05, 3.63) is 58.7 Å². The molecule has 0 bridgehead atoms. The van der Waals surface area contributed by atoms with Crippen LogP contribution in [0.4, 0.5) is 0 Å². The molecule has 2 aromatic carbocycles. The third-order valence-electron chi connectivity index (χ3n) is 5.23. The van der Waals surface area contributed by atoms with E-state index in [4.69, 9.17) is 9.47 Å². The molecule has 0 saturated carbocycles. The third kappa shape index (κ3) is 6.03. The van der Waals surface area contributed by atoms with Crippen LogP contribution in [0.15, 0.2) is 41.4 Å². The second-order valence-electron chi connectivity index (χ2n) is 7.10. The van der Waals surface area contributed by atoms with E-state index in [1.807, 2.05) is 37.3 Å². The van der Waals surface area contributed by atoms with Crippen LogP contribution in [0.1, 0.15) is 34.0 Å². The van der Waals surface area contributed by atoms with E-state index in [-0.39, 0.29) is 29.9 Å². The Kier molecular flexibility index (Phi) is 9.42. The first kappa shape index (κ1) is 24.8. The van der Waals surface area contributed by atoms with E-state index in [2.05, 4.69) is 26.6 Å². The molecule has 0 aromatic heterocycles. The Bertz CT molecular complexity index is 916. The molecule has 1 heterocycles. The molecule has 0 atom stereocenters. The lowest BCUT2D eigenvalue weighted by atomic mass is 9.99. The number of nitrogens with zero attached hydrogens (tertiary/aromatic N) is 2. The monoisotopic (exact) mass is 538 g/mol. The predicted molar refractivity (Wildman–Crippen MR) is 134 cm³/mol. The molecule has 1 aliphatic heterocycles. The number of hydrogen-bond acceptors (Lipinski definition) is 4.